The van der Waals surface area contributed by atoms with E-state index < -0.39 is 11.8 Å². The molecule has 1 fully saturated rings. The van der Waals surface area contributed by atoms with Crippen LogP contribution in [0.1, 0.15) is 32.6 Å². The monoisotopic (exact) mass is 172 g/mol. The van der Waals surface area contributed by atoms with Crippen LogP contribution in [0.3, 0.4) is 0 Å². The number of allylic oxidation sites excluding steroid dienone is 1. The molecular formula is C9H13FO2. The fourth-order valence-electron chi connectivity index (χ4n) is 1.40. The van der Waals surface area contributed by atoms with E-state index in [1.54, 1.807) is 6.92 Å². The van der Waals surface area contributed by atoms with Crippen LogP contribution in [0, 0.1) is 5.92 Å². The standard InChI is InChI=1S/C9H13FO2/c1-6(8(10)9(11)12)5-7-3-2-4-7/h7H,2-5H2,1H3,(H,11,12). The van der Waals surface area contributed by atoms with E-state index in [4.69, 9.17) is 5.11 Å². The number of carboxylic acid groups (broad SMARTS) is 1. The van der Waals surface area contributed by atoms with Crippen LogP contribution in [0.4, 0.5) is 4.39 Å². The summed E-state index contributed by atoms with van der Waals surface area (Å²) in [4.78, 5) is 10.2. The molecule has 0 aromatic rings. The Hall–Kier alpha value is -0.860. The van der Waals surface area contributed by atoms with Gasteiger partial charge < -0.3 is 5.11 Å². The maximum absolute atomic E-state index is 12.7. The predicted octanol–water partition coefficient (Wildman–Crippen LogP) is 2.50. The molecule has 1 N–H and O–H groups in total. The van der Waals surface area contributed by atoms with Crippen molar-refractivity contribution in [1.82, 2.24) is 0 Å². The molecule has 1 rings (SSSR count). The molecule has 0 amide bonds. The van der Waals surface area contributed by atoms with Crippen molar-refractivity contribution in [1.29, 1.82) is 0 Å². The van der Waals surface area contributed by atoms with Crippen LogP contribution in [0.25, 0.3) is 0 Å². The Kier molecular flexibility index (Phi) is 2.84. The van der Waals surface area contributed by atoms with Crippen LogP contribution in [0.2, 0.25) is 0 Å². The van der Waals surface area contributed by atoms with Crippen LogP contribution >= 0.6 is 0 Å². The highest BCUT2D eigenvalue weighted by atomic mass is 19.1. The van der Waals surface area contributed by atoms with Crippen molar-refractivity contribution in [3.8, 4) is 0 Å². The van der Waals surface area contributed by atoms with E-state index in [2.05, 4.69) is 0 Å². The molecule has 0 saturated heterocycles. The summed E-state index contributed by atoms with van der Waals surface area (Å²) in [6.45, 7) is 1.56. The first-order chi connectivity index (χ1) is 5.61. The van der Waals surface area contributed by atoms with Gasteiger partial charge in [-0.1, -0.05) is 19.3 Å². The third-order valence-electron chi connectivity index (χ3n) is 2.38. The molecule has 1 saturated carbocycles. The molecular weight excluding hydrogens is 159 g/mol. The molecule has 1 aliphatic carbocycles. The van der Waals surface area contributed by atoms with Gasteiger partial charge >= 0.3 is 5.97 Å². The Morgan fingerprint density at radius 1 is 1.58 bits per heavy atom. The second-order valence-electron chi connectivity index (χ2n) is 3.40. The van der Waals surface area contributed by atoms with Gasteiger partial charge in [0.2, 0.25) is 5.83 Å². The van der Waals surface area contributed by atoms with Gasteiger partial charge in [-0.2, -0.15) is 4.39 Å². The molecule has 68 valence electrons. The molecule has 12 heavy (non-hydrogen) atoms. The van der Waals surface area contributed by atoms with Gasteiger partial charge in [0.15, 0.2) is 0 Å². The van der Waals surface area contributed by atoms with Gasteiger partial charge in [-0.15, -0.1) is 0 Å². The quantitative estimate of drug-likeness (QED) is 0.664. The van der Waals surface area contributed by atoms with Gasteiger partial charge in [0.1, 0.15) is 0 Å². The summed E-state index contributed by atoms with van der Waals surface area (Å²) in [5.74, 6) is -1.89. The first kappa shape index (κ1) is 9.23. The summed E-state index contributed by atoms with van der Waals surface area (Å²) >= 11 is 0. The fourth-order valence-corrected chi connectivity index (χ4v) is 1.40. The molecule has 0 heterocycles. The summed E-state index contributed by atoms with van der Waals surface area (Å²) in [6, 6.07) is 0. The van der Waals surface area contributed by atoms with Crippen LogP contribution in [-0.2, 0) is 4.79 Å². The minimum absolute atomic E-state index is 0.382. The van der Waals surface area contributed by atoms with Gasteiger partial charge in [0.05, 0.1) is 0 Å². The third kappa shape index (κ3) is 2.06. The lowest BCUT2D eigenvalue weighted by atomic mass is 9.81. The average Bonchev–Trinajstić information content (AvgIpc) is 1.94. The van der Waals surface area contributed by atoms with Crippen LogP contribution in [0.5, 0.6) is 0 Å². The van der Waals surface area contributed by atoms with Gasteiger partial charge in [0, 0.05) is 0 Å². The fraction of sp³-hybridized carbons (Fsp3) is 0.667. The summed E-state index contributed by atoms with van der Waals surface area (Å²) in [7, 11) is 0. The van der Waals surface area contributed by atoms with E-state index in [9.17, 15) is 9.18 Å². The number of carbonyl (C=O) groups is 1. The number of aliphatic carboxylic acids is 1. The van der Waals surface area contributed by atoms with E-state index in [-0.39, 0.29) is 0 Å². The topological polar surface area (TPSA) is 37.3 Å². The van der Waals surface area contributed by atoms with Crippen LogP contribution < -0.4 is 0 Å². The Balaban J connectivity index is 2.48. The first-order valence-electron chi connectivity index (χ1n) is 4.20. The zero-order valence-electron chi connectivity index (χ0n) is 7.14. The van der Waals surface area contributed by atoms with Crippen molar-refractivity contribution in [3.63, 3.8) is 0 Å². The summed E-state index contributed by atoms with van der Waals surface area (Å²) in [6.07, 6.45) is 4.04. The molecule has 0 unspecified atom stereocenters. The Bertz CT molecular complexity index is 217. The average molecular weight is 172 g/mol. The first-order valence-corrected chi connectivity index (χ1v) is 4.20. The maximum atomic E-state index is 12.7. The molecule has 0 radical (unpaired) electrons. The highest BCUT2D eigenvalue weighted by Crippen LogP contribution is 2.32. The number of hydrogen-bond donors (Lipinski definition) is 1. The summed E-state index contributed by atoms with van der Waals surface area (Å²) in [5, 5.41) is 8.32. The smallest absolute Gasteiger partial charge is 0.364 e. The predicted molar refractivity (Wildman–Crippen MR) is 43.4 cm³/mol. The highest BCUT2D eigenvalue weighted by Gasteiger charge is 2.20. The Morgan fingerprint density at radius 3 is 2.50 bits per heavy atom. The van der Waals surface area contributed by atoms with Crippen molar-refractivity contribution in [2.45, 2.75) is 32.6 Å². The SMILES string of the molecule is CC(CC1CCC1)=C(F)C(=O)O. The number of halogens is 1. The van der Waals surface area contributed by atoms with Crippen molar-refractivity contribution in [2.24, 2.45) is 5.92 Å². The van der Waals surface area contributed by atoms with E-state index in [1.165, 1.54) is 6.42 Å². The molecule has 1 aliphatic rings. The lowest BCUT2D eigenvalue weighted by Crippen LogP contribution is -2.12. The molecule has 0 atom stereocenters. The second-order valence-corrected chi connectivity index (χ2v) is 3.40. The molecule has 3 heteroatoms. The zero-order valence-corrected chi connectivity index (χ0v) is 7.14. The van der Waals surface area contributed by atoms with Gasteiger partial charge in [-0.25, -0.2) is 4.79 Å². The molecule has 2 nitrogen and oxygen atoms in total. The minimum Gasteiger partial charge on any atom is -0.476 e. The zero-order chi connectivity index (χ0) is 9.14. The summed E-state index contributed by atoms with van der Waals surface area (Å²) < 4.78 is 12.7. The van der Waals surface area contributed by atoms with Crippen molar-refractivity contribution >= 4 is 5.97 Å². The number of carboxylic acids is 1. The number of rotatable bonds is 3. The van der Waals surface area contributed by atoms with E-state index >= 15 is 0 Å². The van der Waals surface area contributed by atoms with E-state index in [0.717, 1.165) is 12.8 Å². The maximum Gasteiger partial charge on any atom is 0.364 e. The van der Waals surface area contributed by atoms with Crippen LogP contribution in [-0.4, -0.2) is 11.1 Å². The van der Waals surface area contributed by atoms with Crippen molar-refractivity contribution < 1.29 is 14.3 Å². The number of hydrogen-bond acceptors (Lipinski definition) is 1. The van der Waals surface area contributed by atoms with E-state index in [0.29, 0.717) is 17.9 Å². The molecule has 0 spiro atoms. The largest absolute Gasteiger partial charge is 0.476 e. The van der Waals surface area contributed by atoms with Gasteiger partial charge in [-0.3, -0.25) is 0 Å². The molecule has 0 bridgehead atoms. The van der Waals surface area contributed by atoms with Gasteiger partial charge in [0.25, 0.3) is 0 Å². The summed E-state index contributed by atoms with van der Waals surface area (Å²) in [5.41, 5.74) is 0.382. The Labute approximate surface area is 71.1 Å². The highest BCUT2D eigenvalue weighted by molar-refractivity contribution is 5.84. The Morgan fingerprint density at radius 2 is 2.17 bits per heavy atom. The van der Waals surface area contributed by atoms with Crippen LogP contribution in [0.15, 0.2) is 11.4 Å². The molecule has 0 aromatic carbocycles. The molecule has 0 aromatic heterocycles. The normalized spacial score (nSPS) is 19.8. The molecule has 0 aliphatic heterocycles. The van der Waals surface area contributed by atoms with E-state index in [1.807, 2.05) is 0 Å². The lowest BCUT2D eigenvalue weighted by Gasteiger charge is -2.25. The lowest BCUT2D eigenvalue weighted by molar-refractivity contribution is -0.134. The minimum atomic E-state index is -1.44. The second kappa shape index (κ2) is 3.70. The van der Waals surface area contributed by atoms with Crippen molar-refractivity contribution in [3.05, 3.63) is 11.4 Å². The third-order valence-corrected chi connectivity index (χ3v) is 2.38. The van der Waals surface area contributed by atoms with Crippen molar-refractivity contribution in [2.75, 3.05) is 0 Å². The van der Waals surface area contributed by atoms with Gasteiger partial charge in [-0.05, 0) is 24.8 Å².